The Bertz CT molecular complexity index is 985. The highest BCUT2D eigenvalue weighted by atomic mass is 79.9. The summed E-state index contributed by atoms with van der Waals surface area (Å²) in [6, 6.07) is 20.8. The number of hydrogen-bond donors (Lipinski definition) is 0. The molecule has 0 aliphatic heterocycles. The minimum atomic E-state index is -0.244. The molecule has 2 aromatic heterocycles. The molecule has 0 saturated carbocycles. The maximum atomic E-state index is 12.8. The second kappa shape index (κ2) is 7.49. The van der Waals surface area contributed by atoms with Crippen LogP contribution >= 0.6 is 15.9 Å². The standard InChI is InChI=1S/C10H7BrFN.C10H9N/c11-6-9-4-2-7-1-3-8(12)5-10(7)13-9;1-8-6-7-9-4-2-3-5-10(9)11-8/h1-5H,6H2;2-7H,1H3. The maximum Gasteiger partial charge on any atom is 0.125 e. The van der Waals surface area contributed by atoms with Crippen LogP contribution in [0.1, 0.15) is 11.4 Å². The molecule has 0 aliphatic carbocycles. The van der Waals surface area contributed by atoms with Crippen LogP contribution in [0.2, 0.25) is 0 Å². The van der Waals surface area contributed by atoms with E-state index in [0.717, 1.165) is 22.3 Å². The molecule has 0 bridgehead atoms. The molecule has 0 radical (unpaired) electrons. The summed E-state index contributed by atoms with van der Waals surface area (Å²) in [5.74, 6) is -0.244. The molecule has 0 fully saturated rings. The summed E-state index contributed by atoms with van der Waals surface area (Å²) >= 11 is 3.31. The van der Waals surface area contributed by atoms with E-state index in [9.17, 15) is 4.39 Å². The van der Waals surface area contributed by atoms with Crippen molar-refractivity contribution in [2.45, 2.75) is 12.3 Å². The van der Waals surface area contributed by atoms with Crippen molar-refractivity contribution < 1.29 is 4.39 Å². The van der Waals surface area contributed by atoms with Gasteiger partial charge in [0.1, 0.15) is 5.82 Å². The molecule has 0 atom stereocenters. The smallest absolute Gasteiger partial charge is 0.125 e. The van der Waals surface area contributed by atoms with E-state index in [-0.39, 0.29) is 5.82 Å². The molecule has 120 valence electrons. The Hall–Kier alpha value is -2.33. The molecule has 0 unspecified atom stereocenters. The van der Waals surface area contributed by atoms with E-state index in [1.807, 2.05) is 43.3 Å². The van der Waals surface area contributed by atoms with Crippen LogP contribution in [0, 0.1) is 12.7 Å². The molecule has 4 heteroatoms. The van der Waals surface area contributed by atoms with Crippen molar-refractivity contribution in [1.82, 2.24) is 9.97 Å². The molecule has 0 amide bonds. The topological polar surface area (TPSA) is 25.8 Å². The number of pyridine rings is 2. The van der Waals surface area contributed by atoms with Gasteiger partial charge in [-0.25, -0.2) is 4.39 Å². The van der Waals surface area contributed by atoms with Gasteiger partial charge in [0.2, 0.25) is 0 Å². The first-order valence-corrected chi connectivity index (χ1v) is 8.71. The quantitative estimate of drug-likeness (QED) is 0.388. The van der Waals surface area contributed by atoms with Crippen molar-refractivity contribution >= 4 is 37.7 Å². The summed E-state index contributed by atoms with van der Waals surface area (Å²) in [5, 5.41) is 2.86. The van der Waals surface area contributed by atoms with Gasteiger partial charge in [-0.1, -0.05) is 46.3 Å². The van der Waals surface area contributed by atoms with Crippen molar-refractivity contribution in [1.29, 1.82) is 0 Å². The van der Waals surface area contributed by atoms with E-state index in [0.29, 0.717) is 10.8 Å². The van der Waals surface area contributed by atoms with Gasteiger partial charge < -0.3 is 0 Å². The van der Waals surface area contributed by atoms with Gasteiger partial charge in [-0.05, 0) is 37.3 Å². The number of aryl methyl sites for hydroxylation is 1. The van der Waals surface area contributed by atoms with Crippen LogP contribution in [0.4, 0.5) is 4.39 Å². The van der Waals surface area contributed by atoms with Gasteiger partial charge >= 0.3 is 0 Å². The van der Waals surface area contributed by atoms with E-state index in [4.69, 9.17) is 0 Å². The van der Waals surface area contributed by atoms with Crippen LogP contribution in [0.25, 0.3) is 21.8 Å². The fraction of sp³-hybridized carbons (Fsp3) is 0.100. The predicted octanol–water partition coefficient (Wildman–Crippen LogP) is 5.81. The normalized spacial score (nSPS) is 10.5. The Kier molecular flexibility index (Phi) is 5.16. The number of para-hydroxylation sites is 1. The number of nitrogens with zero attached hydrogens (tertiary/aromatic N) is 2. The van der Waals surface area contributed by atoms with E-state index >= 15 is 0 Å². The average molecular weight is 383 g/mol. The lowest BCUT2D eigenvalue weighted by Gasteiger charge is -1.99. The monoisotopic (exact) mass is 382 g/mol. The summed E-state index contributed by atoms with van der Waals surface area (Å²) < 4.78 is 12.8. The Morgan fingerprint density at radius 1 is 0.833 bits per heavy atom. The first-order chi connectivity index (χ1) is 11.7. The van der Waals surface area contributed by atoms with Gasteiger partial charge in [0.05, 0.1) is 16.7 Å². The highest BCUT2D eigenvalue weighted by molar-refractivity contribution is 9.08. The summed E-state index contributed by atoms with van der Waals surface area (Å²) in [4.78, 5) is 8.64. The van der Waals surface area contributed by atoms with Crippen molar-refractivity contribution in [3.63, 3.8) is 0 Å². The van der Waals surface area contributed by atoms with Gasteiger partial charge in [0, 0.05) is 27.9 Å². The van der Waals surface area contributed by atoms with Gasteiger partial charge in [-0.3, -0.25) is 9.97 Å². The molecule has 2 aromatic carbocycles. The number of fused-ring (bicyclic) bond motifs is 2. The fourth-order valence-electron chi connectivity index (χ4n) is 2.37. The second-order valence-electron chi connectivity index (χ2n) is 5.42. The number of alkyl halides is 1. The summed E-state index contributed by atoms with van der Waals surface area (Å²) in [6.45, 7) is 2.01. The minimum absolute atomic E-state index is 0.244. The van der Waals surface area contributed by atoms with Crippen molar-refractivity contribution in [3.05, 3.63) is 83.9 Å². The lowest BCUT2D eigenvalue weighted by atomic mass is 10.2. The molecule has 0 spiro atoms. The minimum Gasteiger partial charge on any atom is -0.253 e. The largest absolute Gasteiger partial charge is 0.253 e. The molecule has 0 saturated heterocycles. The molecular formula is C20H16BrFN2. The summed E-state index contributed by atoms with van der Waals surface area (Å²) in [7, 11) is 0. The average Bonchev–Trinajstić information content (AvgIpc) is 2.61. The van der Waals surface area contributed by atoms with Gasteiger partial charge in [-0.15, -0.1) is 0 Å². The summed E-state index contributed by atoms with van der Waals surface area (Å²) in [5.41, 5.74) is 3.77. The summed E-state index contributed by atoms with van der Waals surface area (Å²) in [6.07, 6.45) is 0. The van der Waals surface area contributed by atoms with E-state index in [2.05, 4.69) is 38.0 Å². The lowest BCUT2D eigenvalue weighted by molar-refractivity contribution is 0.629. The number of benzene rings is 2. The fourth-order valence-corrected chi connectivity index (χ4v) is 2.69. The Balaban J connectivity index is 0.000000143. The number of hydrogen-bond acceptors (Lipinski definition) is 2. The van der Waals surface area contributed by atoms with E-state index in [1.54, 1.807) is 6.07 Å². The SMILES string of the molecule is Cc1ccc2ccccc2n1.Fc1ccc2ccc(CBr)nc2c1. The lowest BCUT2D eigenvalue weighted by Crippen LogP contribution is -1.86. The Morgan fingerprint density at radius 3 is 2.38 bits per heavy atom. The number of aromatic nitrogens is 2. The van der Waals surface area contributed by atoms with E-state index in [1.165, 1.54) is 17.5 Å². The molecule has 0 aliphatic rings. The van der Waals surface area contributed by atoms with Crippen LogP contribution in [0.15, 0.2) is 66.7 Å². The van der Waals surface area contributed by atoms with Crippen LogP contribution in [-0.2, 0) is 5.33 Å². The maximum absolute atomic E-state index is 12.8. The number of rotatable bonds is 1. The highest BCUT2D eigenvalue weighted by Crippen LogP contribution is 2.15. The molecule has 0 N–H and O–H groups in total. The highest BCUT2D eigenvalue weighted by Gasteiger charge is 1.98. The van der Waals surface area contributed by atoms with Crippen LogP contribution in [-0.4, -0.2) is 9.97 Å². The van der Waals surface area contributed by atoms with Gasteiger partial charge in [0.25, 0.3) is 0 Å². The third-order valence-electron chi connectivity index (χ3n) is 3.59. The van der Waals surface area contributed by atoms with Crippen LogP contribution in [0.3, 0.4) is 0 Å². The third-order valence-corrected chi connectivity index (χ3v) is 4.16. The molecule has 24 heavy (non-hydrogen) atoms. The first kappa shape index (κ1) is 16.5. The van der Waals surface area contributed by atoms with Gasteiger partial charge in [0.15, 0.2) is 0 Å². The zero-order valence-electron chi connectivity index (χ0n) is 13.2. The molecule has 4 rings (SSSR count). The van der Waals surface area contributed by atoms with E-state index < -0.39 is 0 Å². The second-order valence-corrected chi connectivity index (χ2v) is 5.98. The Labute approximate surface area is 148 Å². The predicted molar refractivity (Wildman–Crippen MR) is 101 cm³/mol. The third kappa shape index (κ3) is 3.95. The number of halogens is 2. The first-order valence-electron chi connectivity index (χ1n) is 7.59. The van der Waals surface area contributed by atoms with Crippen LogP contribution < -0.4 is 0 Å². The van der Waals surface area contributed by atoms with Gasteiger partial charge in [-0.2, -0.15) is 0 Å². The molecule has 4 aromatic rings. The molecular weight excluding hydrogens is 367 g/mol. The van der Waals surface area contributed by atoms with Crippen molar-refractivity contribution in [2.75, 3.05) is 0 Å². The van der Waals surface area contributed by atoms with Crippen LogP contribution in [0.5, 0.6) is 0 Å². The Morgan fingerprint density at radius 2 is 1.54 bits per heavy atom. The van der Waals surface area contributed by atoms with Crippen molar-refractivity contribution in [2.24, 2.45) is 0 Å². The molecule has 2 nitrogen and oxygen atoms in total. The van der Waals surface area contributed by atoms with Crippen molar-refractivity contribution in [3.8, 4) is 0 Å². The zero-order chi connectivity index (χ0) is 16.9. The molecule has 2 heterocycles. The zero-order valence-corrected chi connectivity index (χ0v) is 14.8.